The zero-order valence-electron chi connectivity index (χ0n) is 92.3. The van der Waals surface area contributed by atoms with E-state index in [9.17, 15) is 53.1 Å². The van der Waals surface area contributed by atoms with Crippen LogP contribution in [0.25, 0.3) is 41.8 Å². The van der Waals surface area contributed by atoms with Gasteiger partial charge in [0, 0.05) is 52.6 Å². The van der Waals surface area contributed by atoms with Gasteiger partial charge in [-0.2, -0.15) is 0 Å². The topological polar surface area (TPSA) is 554 Å². The molecule has 4 rings (SSSR count). The molecule has 0 bridgehead atoms. The molecule has 0 aromatic carbocycles. The molecule has 0 saturated carbocycles. The smallest absolute Gasteiger partial charge is 0.332 e. The Bertz CT molecular complexity index is 3990. The molecule has 149 heavy (non-hydrogen) atoms. The van der Waals surface area contributed by atoms with Crippen LogP contribution in [0.5, 0.6) is 0 Å². The van der Waals surface area contributed by atoms with Crippen molar-refractivity contribution in [2.75, 3.05) is 111 Å². The number of nitrogens with zero attached hydrogens (tertiary/aromatic N) is 12. The number of azide groups is 4. The molecular formula is C102H183ClN16O24S6. The van der Waals surface area contributed by atoms with Crippen molar-refractivity contribution >= 4 is 149 Å². The molecule has 0 aromatic heterocycles. The van der Waals surface area contributed by atoms with E-state index in [4.69, 9.17) is 120 Å². The first-order valence-electron chi connectivity index (χ1n) is 52.2. The van der Waals surface area contributed by atoms with Gasteiger partial charge in [-0.15, -0.1) is 35.3 Å². The number of hydrogen-bond donors (Lipinski definition) is 5. The number of rotatable bonds is 62. The summed E-state index contributed by atoms with van der Waals surface area (Å²) in [6, 6.07) is -2.14. The first kappa shape index (κ1) is 148. The van der Waals surface area contributed by atoms with Gasteiger partial charge in [-0.1, -0.05) is 304 Å². The van der Waals surface area contributed by atoms with Crippen LogP contribution in [0.15, 0.2) is 45.8 Å². The Balaban J connectivity index is -0.000000916. The standard InChI is InChI=1S/C36H64N4O8S3.C22H42O4S3.C14H22N4O4.C13H22N4O4.C11H20N4O3.C3H3ClO.C2H6.CH4/c1-8-10-11-12-13-14-15-16-17-18-23-50-35(49)51-25-28(36(5,6)34(43)46-22-21-45-20-19-44-7)32(42)48-33-31(39-30(41)24-38-40-37)27(4)26(3)29(9-2)47-33;1-5-6-7-8-9-10-11-12-13-14-19-28-21(27)29-22(2,3)20(23)26-18-17-25-16-15-24-4;1-5-10-8(3)9(4)13(17-11(19)7-16-18-15)14(21-10)22-12(20)6-2;1-5-10-7(2)8(3)12(13(21-10)20-9(4)18)16-11(19)6-15-17-14;1-4-8-6(2)7(3)10(11(17)18-8)14-9(16)5-13-15-12;1-2-3(4)5;1-2;/h26-29,31,33H,8-25H2,1-7H3,(H,39,41);5-19H2,1-4H3;6,8-10,13-14H,2,5,7H2,1,3-4H3,(H,17,19);7-8,10,12-13H,5-6H2,1-4H3,(H,16,19);6-8,10-11,17H,4-5H2,1-3H3,(H,14,16);2H,1H2;1-2H3;1H4/t26-,27-,28?,29?,31?,33-;;8-,9-,10?,13?,14-;7-,8-,10?,12?,13+;6-,7-,8?,10?,11+;;;/m0.000.../s1. The molecule has 0 spiro atoms. The number of carbonyl (C=O) groups excluding carboxylic acids is 10. The summed E-state index contributed by atoms with van der Waals surface area (Å²) >= 11 is 21.9. The Kier molecular flexibility index (Phi) is 91.0. The largest absolute Gasteiger partial charge is 0.463 e. The summed E-state index contributed by atoms with van der Waals surface area (Å²) in [5, 5.41) is 33.3. The lowest BCUT2D eigenvalue weighted by molar-refractivity contribution is -0.237. The molecule has 47 heteroatoms. The molecule has 4 heterocycles. The summed E-state index contributed by atoms with van der Waals surface area (Å²) < 4.78 is 72.0. The van der Waals surface area contributed by atoms with Crippen molar-refractivity contribution in [3.63, 3.8) is 0 Å². The van der Waals surface area contributed by atoms with Crippen LogP contribution in [0.2, 0.25) is 0 Å². The number of amides is 4. The number of thiocarbonyl (C=S) groups is 2. The highest BCUT2D eigenvalue weighted by molar-refractivity contribution is 8.48. The summed E-state index contributed by atoms with van der Waals surface area (Å²) in [6.07, 6.45) is 27.0. The predicted molar refractivity (Wildman–Crippen MR) is 601 cm³/mol. The van der Waals surface area contributed by atoms with Gasteiger partial charge < -0.3 is 88.0 Å². The molecule has 4 amide bonds. The summed E-state index contributed by atoms with van der Waals surface area (Å²) in [5.41, 5.74) is 32.0. The zero-order valence-corrected chi connectivity index (χ0v) is 98.0. The predicted octanol–water partition coefficient (Wildman–Crippen LogP) is 22.3. The quantitative estimate of drug-likeness (QED) is 0.00434. The van der Waals surface area contributed by atoms with E-state index < -0.39 is 125 Å². The SMILES string of the molecule is C.C=CC(=O)Cl.C=CC(=O)O[C@@H]1OC(CC)[C@@H](C)[C@H](C)C1NC(=O)CN=[N+]=[N-].CC.CCC1O[C@@H](O)C(NC(=O)CN=[N+]=[N-])[C@@H](C)[C@@H]1C.CCC1O[C@@H](OC(C)=O)C(NC(=O)CN=[N+]=[N-])[C@@H](C)[C@@H]1C.CCCCCCCCCCCCSC(=S)SC(C)(C)C(=O)OCCOCCOC.CCCCCCCCCCCCSC(=S)SCC(C(=O)O[C@@H]1OC(CC)[C@@H](C)[C@H](C)C1NC(=O)CN=[N+]=[N-])C(C)(C)C(=O)OCCOCCOC. The van der Waals surface area contributed by atoms with E-state index in [1.807, 2.05) is 111 Å². The Morgan fingerprint density at radius 1 is 0.436 bits per heavy atom. The number of allylic oxidation sites excluding steroid dienone is 1. The third-order valence-corrected chi connectivity index (χ3v) is 31.4. The van der Waals surface area contributed by atoms with E-state index in [0.29, 0.717) is 43.0 Å². The Hall–Kier alpha value is -6.87. The lowest BCUT2D eigenvalue weighted by atomic mass is 9.79. The molecule has 4 saturated heterocycles. The molecule has 40 nitrogen and oxygen atoms in total. The van der Waals surface area contributed by atoms with Crippen LogP contribution < -0.4 is 21.3 Å². The number of halogens is 1. The molecule has 9 unspecified atom stereocenters. The number of unbranched alkanes of at least 4 members (excludes halogenated alkanes) is 18. The van der Waals surface area contributed by atoms with Gasteiger partial charge >= 0.3 is 29.8 Å². The van der Waals surface area contributed by atoms with Crippen molar-refractivity contribution in [3.8, 4) is 0 Å². The maximum absolute atomic E-state index is 14.1. The van der Waals surface area contributed by atoms with E-state index in [-0.39, 0.29) is 130 Å². The fourth-order valence-corrected chi connectivity index (χ4v) is 21.6. The van der Waals surface area contributed by atoms with Gasteiger partial charge in [-0.05, 0) is 165 Å². The van der Waals surface area contributed by atoms with Crippen LogP contribution in [-0.2, 0) is 110 Å². The summed E-state index contributed by atoms with van der Waals surface area (Å²) in [7, 11) is 3.20. The van der Waals surface area contributed by atoms with Crippen LogP contribution in [0.1, 0.15) is 307 Å². The normalized spacial score (nSPS) is 23.0. The van der Waals surface area contributed by atoms with Crippen LogP contribution in [0.3, 0.4) is 0 Å². The molecule has 0 radical (unpaired) electrons. The van der Waals surface area contributed by atoms with Gasteiger partial charge in [0.15, 0.2) is 6.29 Å². The summed E-state index contributed by atoms with van der Waals surface area (Å²) in [6.45, 7) is 48.7. The number of thioether (sulfide) groups is 4. The second kappa shape index (κ2) is 91.4. The van der Waals surface area contributed by atoms with Crippen LogP contribution in [0, 0.1) is 58.7 Å². The number of esters is 5. The Morgan fingerprint density at radius 3 is 1.06 bits per heavy atom. The minimum Gasteiger partial charge on any atom is -0.463 e. The number of aliphatic hydroxyl groups is 1. The number of ether oxygens (including phenoxy) is 13. The van der Waals surface area contributed by atoms with Gasteiger partial charge in [-0.3, -0.25) is 43.2 Å². The van der Waals surface area contributed by atoms with Gasteiger partial charge in [-0.25, -0.2) is 4.79 Å². The third-order valence-electron chi connectivity index (χ3n) is 25.6. The van der Waals surface area contributed by atoms with Gasteiger partial charge in [0.1, 0.15) is 51.2 Å². The number of hydrogen-bond acceptors (Lipinski definition) is 34. The molecule has 5 N–H and O–H groups in total. The highest BCUT2D eigenvalue weighted by Gasteiger charge is 2.50. The maximum atomic E-state index is 14.1. The summed E-state index contributed by atoms with van der Waals surface area (Å²) in [4.78, 5) is 130. The lowest BCUT2D eigenvalue weighted by Gasteiger charge is -2.44. The molecular weight excluding hydrogens is 2060 g/mol. The molecule has 4 aliphatic heterocycles. The monoisotopic (exact) mass is 2240 g/mol. The maximum Gasteiger partial charge on any atom is 0.332 e. The van der Waals surface area contributed by atoms with Crippen LogP contribution in [-0.4, -0.2) is 260 Å². The number of nitrogens with one attached hydrogen (secondary N) is 4. The number of methoxy groups -OCH3 is 2. The summed E-state index contributed by atoms with van der Waals surface area (Å²) in [5.74, 6) is -2.46. The van der Waals surface area contributed by atoms with Gasteiger partial charge in [0.25, 0.3) is 0 Å². The number of aliphatic hydroxyl groups excluding tert-OH is 1. The van der Waals surface area contributed by atoms with E-state index >= 15 is 0 Å². The highest BCUT2D eigenvalue weighted by Crippen LogP contribution is 2.41. The van der Waals surface area contributed by atoms with E-state index in [1.165, 1.54) is 146 Å². The molecule has 858 valence electrons. The fraction of sp³-hybridized carbons (Fsp3) is 0.843. The van der Waals surface area contributed by atoms with E-state index in [2.05, 4.69) is 88.4 Å². The van der Waals surface area contributed by atoms with Crippen LogP contribution >= 0.6 is 83.1 Å². The average Bonchev–Trinajstić information content (AvgIpc) is 0.788. The first-order valence-corrected chi connectivity index (χ1v) is 57.1. The van der Waals surface area contributed by atoms with Crippen molar-refractivity contribution in [1.29, 1.82) is 0 Å². The second-order valence-corrected chi connectivity index (χ2v) is 44.7. The number of carbonyl (C=O) groups is 10. The van der Waals surface area contributed by atoms with Gasteiger partial charge in [0.2, 0.25) is 47.7 Å². The third kappa shape index (κ3) is 66.2. The van der Waals surface area contributed by atoms with Crippen molar-refractivity contribution in [2.24, 2.45) is 79.1 Å². The van der Waals surface area contributed by atoms with E-state index in [1.54, 1.807) is 51.6 Å². The lowest BCUT2D eigenvalue weighted by Crippen LogP contribution is -2.59. The molecule has 4 aliphatic rings. The molecule has 21 atom stereocenters. The van der Waals surface area contributed by atoms with E-state index in [0.717, 1.165) is 59.3 Å². The van der Waals surface area contributed by atoms with Crippen molar-refractivity contribution in [2.45, 2.75) is 385 Å². The fourth-order valence-electron chi connectivity index (χ4n) is 15.9. The van der Waals surface area contributed by atoms with Crippen molar-refractivity contribution < 1.29 is 115 Å². The van der Waals surface area contributed by atoms with Crippen molar-refractivity contribution in [1.82, 2.24) is 21.3 Å². The molecule has 0 aromatic rings. The Morgan fingerprint density at radius 2 is 0.738 bits per heavy atom. The first-order chi connectivity index (χ1) is 70.5. The molecule has 0 aliphatic carbocycles. The minimum absolute atomic E-state index is 0. The zero-order chi connectivity index (χ0) is 113. The molecule has 4 fully saturated rings. The minimum atomic E-state index is -1.29. The highest BCUT2D eigenvalue weighted by atomic mass is 35.5. The Labute approximate surface area is 920 Å². The second-order valence-electron chi connectivity index (χ2n) is 37.1. The van der Waals surface area contributed by atoms with Crippen LogP contribution in [0.4, 0.5) is 0 Å². The van der Waals surface area contributed by atoms with Gasteiger partial charge in [0.05, 0.1) is 99.6 Å². The average molecular weight is 2250 g/mol. The van der Waals surface area contributed by atoms with Crippen molar-refractivity contribution in [3.05, 3.63) is 67.1 Å².